The third kappa shape index (κ3) is 5.93. The Morgan fingerprint density at radius 3 is 2.29 bits per heavy atom. The molecule has 1 heterocycles. The highest BCUT2D eigenvalue weighted by molar-refractivity contribution is 7.92. The second kappa shape index (κ2) is 11.4. The molecule has 10 heteroatoms. The predicted octanol–water partition coefficient (Wildman–Crippen LogP) is 6.05. The Bertz CT molecular complexity index is 1600. The number of nitrogens with one attached hydrogen (secondary N) is 1. The van der Waals surface area contributed by atoms with Gasteiger partial charge in [-0.25, -0.2) is 13.8 Å². The summed E-state index contributed by atoms with van der Waals surface area (Å²) >= 11 is 12.3. The number of aromatic nitrogens is 1. The monoisotopic (exact) mass is 568 g/mol. The number of benzene rings is 3. The third-order valence-electron chi connectivity index (χ3n) is 5.97. The summed E-state index contributed by atoms with van der Waals surface area (Å²) in [7, 11) is -4.08. The van der Waals surface area contributed by atoms with Crippen molar-refractivity contribution in [3.05, 3.63) is 111 Å². The van der Waals surface area contributed by atoms with E-state index in [0.29, 0.717) is 5.02 Å². The number of sulfonamides is 1. The van der Waals surface area contributed by atoms with Gasteiger partial charge in [-0.15, -0.1) is 0 Å². The van der Waals surface area contributed by atoms with Crippen LogP contribution in [0.3, 0.4) is 0 Å². The molecule has 7 nitrogen and oxygen atoms in total. The zero-order valence-electron chi connectivity index (χ0n) is 21.0. The first-order valence-corrected chi connectivity index (χ1v) is 13.9. The van der Waals surface area contributed by atoms with Gasteiger partial charge in [0.2, 0.25) is 0 Å². The van der Waals surface area contributed by atoms with Gasteiger partial charge in [0.05, 0.1) is 21.8 Å². The van der Waals surface area contributed by atoms with E-state index in [-0.39, 0.29) is 15.6 Å². The number of amides is 1. The van der Waals surface area contributed by atoms with Crippen LogP contribution in [0, 0.1) is 20.8 Å². The fourth-order valence-corrected chi connectivity index (χ4v) is 5.89. The summed E-state index contributed by atoms with van der Waals surface area (Å²) in [5, 5.41) is 4.94. The Labute approximate surface area is 232 Å². The third-order valence-corrected chi connectivity index (χ3v) is 8.31. The topological polar surface area (TPSA) is 83.8 Å². The summed E-state index contributed by atoms with van der Waals surface area (Å²) in [6.45, 7) is 5.26. The van der Waals surface area contributed by atoms with Crippen LogP contribution in [0.25, 0.3) is 5.69 Å². The highest BCUT2D eigenvalue weighted by atomic mass is 35.5. The largest absolute Gasteiger partial charge is 0.318 e. The number of carbonyl (C=O) groups excluding carboxylic acids is 1. The molecule has 0 aliphatic heterocycles. The molecule has 0 saturated carbocycles. The Kier molecular flexibility index (Phi) is 8.26. The van der Waals surface area contributed by atoms with E-state index in [9.17, 15) is 13.2 Å². The van der Waals surface area contributed by atoms with Gasteiger partial charge in [0.1, 0.15) is 6.54 Å². The number of aryl methyl sites for hydroxylation is 2. The van der Waals surface area contributed by atoms with Crippen molar-refractivity contribution in [2.24, 2.45) is 5.10 Å². The predicted molar refractivity (Wildman–Crippen MR) is 153 cm³/mol. The van der Waals surface area contributed by atoms with E-state index in [1.165, 1.54) is 18.3 Å². The number of anilines is 1. The van der Waals surface area contributed by atoms with Crippen molar-refractivity contribution in [3.63, 3.8) is 0 Å². The van der Waals surface area contributed by atoms with Crippen LogP contribution in [0.1, 0.15) is 22.5 Å². The van der Waals surface area contributed by atoms with Crippen LogP contribution in [0.5, 0.6) is 0 Å². The summed E-state index contributed by atoms with van der Waals surface area (Å²) < 4.78 is 30.0. The van der Waals surface area contributed by atoms with E-state index in [4.69, 9.17) is 23.2 Å². The van der Waals surface area contributed by atoms with Gasteiger partial charge in [0.25, 0.3) is 15.9 Å². The van der Waals surface area contributed by atoms with Crippen LogP contribution in [0.2, 0.25) is 10.0 Å². The van der Waals surface area contributed by atoms with Crippen LogP contribution < -0.4 is 9.73 Å². The van der Waals surface area contributed by atoms with Gasteiger partial charge in [-0.2, -0.15) is 5.10 Å². The molecule has 0 fully saturated rings. The van der Waals surface area contributed by atoms with Crippen molar-refractivity contribution in [1.82, 2.24) is 9.99 Å². The number of rotatable bonds is 8. The molecule has 1 N–H and O–H groups in total. The van der Waals surface area contributed by atoms with E-state index in [0.717, 1.165) is 32.5 Å². The quantitative estimate of drug-likeness (QED) is 0.207. The van der Waals surface area contributed by atoms with Crippen molar-refractivity contribution >= 4 is 51.0 Å². The minimum atomic E-state index is -4.08. The Balaban J connectivity index is 1.56. The summed E-state index contributed by atoms with van der Waals surface area (Å²) in [5.41, 5.74) is 7.19. The lowest BCUT2D eigenvalue weighted by molar-refractivity contribution is -0.119. The average Bonchev–Trinajstić information content (AvgIpc) is 3.16. The molecule has 0 spiro atoms. The van der Waals surface area contributed by atoms with Gasteiger partial charge in [0, 0.05) is 27.7 Å². The zero-order chi connectivity index (χ0) is 27.4. The lowest BCUT2D eigenvalue weighted by Gasteiger charge is -2.24. The summed E-state index contributed by atoms with van der Waals surface area (Å²) in [5.74, 6) is -0.622. The molecule has 0 unspecified atom stereocenters. The van der Waals surface area contributed by atoms with Gasteiger partial charge < -0.3 is 4.57 Å². The lowest BCUT2D eigenvalue weighted by atomic mass is 10.2. The molecular weight excluding hydrogens is 543 g/mol. The Morgan fingerprint density at radius 2 is 1.63 bits per heavy atom. The number of carbonyl (C=O) groups is 1. The summed E-state index contributed by atoms with van der Waals surface area (Å²) in [6.07, 6.45) is 1.53. The Hall–Kier alpha value is -3.59. The second-order valence-corrected chi connectivity index (χ2v) is 11.4. The number of hydrogen-bond acceptors (Lipinski definition) is 4. The maximum absolute atomic E-state index is 13.5. The van der Waals surface area contributed by atoms with Crippen molar-refractivity contribution in [1.29, 1.82) is 0 Å². The van der Waals surface area contributed by atoms with Crippen LogP contribution in [0.15, 0.2) is 88.9 Å². The van der Waals surface area contributed by atoms with Crippen molar-refractivity contribution in [3.8, 4) is 5.69 Å². The van der Waals surface area contributed by atoms with Crippen molar-refractivity contribution in [2.75, 3.05) is 10.8 Å². The van der Waals surface area contributed by atoms with Crippen LogP contribution in [0.4, 0.5) is 5.69 Å². The number of hydrogen-bond donors (Lipinski definition) is 1. The standard InChI is InChI=1S/C28H26Cl2N4O3S/c1-19-8-14-25(15-9-19)38(36,37)33(27-7-5-4-6-26(27)30)18-28(35)32-31-17-22-16-20(2)34(21(22)3)24-12-10-23(29)11-13-24/h4-17H,18H2,1-3H3,(H,32,35)/b31-17-. The Morgan fingerprint density at radius 1 is 0.974 bits per heavy atom. The maximum Gasteiger partial charge on any atom is 0.264 e. The van der Waals surface area contributed by atoms with E-state index < -0.39 is 22.5 Å². The highest BCUT2D eigenvalue weighted by Gasteiger charge is 2.28. The molecule has 1 aromatic heterocycles. The van der Waals surface area contributed by atoms with E-state index in [1.807, 2.05) is 55.7 Å². The van der Waals surface area contributed by atoms with Crippen LogP contribution >= 0.6 is 23.2 Å². The highest BCUT2D eigenvalue weighted by Crippen LogP contribution is 2.30. The first-order chi connectivity index (χ1) is 18.1. The van der Waals surface area contributed by atoms with Gasteiger partial charge in [-0.3, -0.25) is 9.10 Å². The van der Waals surface area contributed by atoms with E-state index in [2.05, 4.69) is 10.5 Å². The van der Waals surface area contributed by atoms with Crippen LogP contribution in [-0.2, 0) is 14.8 Å². The molecule has 4 aromatic rings. The maximum atomic E-state index is 13.5. The SMILES string of the molecule is Cc1ccc(S(=O)(=O)N(CC(=O)N/N=C\c2cc(C)n(-c3ccc(Cl)cc3)c2C)c2ccccc2Cl)cc1. The normalized spacial score (nSPS) is 11.6. The van der Waals surface area contributed by atoms with Crippen molar-refractivity contribution in [2.45, 2.75) is 25.7 Å². The molecule has 38 heavy (non-hydrogen) atoms. The summed E-state index contributed by atoms with van der Waals surface area (Å²) in [4.78, 5) is 12.9. The smallest absolute Gasteiger partial charge is 0.264 e. The van der Waals surface area contributed by atoms with Crippen LogP contribution in [-0.4, -0.2) is 31.7 Å². The second-order valence-electron chi connectivity index (χ2n) is 8.71. The minimum absolute atomic E-state index is 0.0500. The minimum Gasteiger partial charge on any atom is -0.318 e. The number of halogens is 2. The lowest BCUT2D eigenvalue weighted by Crippen LogP contribution is -2.39. The first kappa shape index (κ1) is 27.4. The zero-order valence-corrected chi connectivity index (χ0v) is 23.3. The average molecular weight is 570 g/mol. The molecular formula is C28H26Cl2N4O3S. The summed E-state index contributed by atoms with van der Waals surface area (Å²) in [6, 6.07) is 22.3. The molecule has 0 atom stereocenters. The molecule has 196 valence electrons. The van der Waals surface area contributed by atoms with Gasteiger partial charge in [0.15, 0.2) is 0 Å². The fraction of sp³-hybridized carbons (Fsp3) is 0.143. The van der Waals surface area contributed by atoms with Gasteiger partial charge in [-0.05, 0) is 75.4 Å². The number of nitrogens with zero attached hydrogens (tertiary/aromatic N) is 3. The number of hydrazone groups is 1. The molecule has 0 aliphatic carbocycles. The molecule has 0 bridgehead atoms. The fourth-order valence-electron chi connectivity index (χ4n) is 4.04. The number of para-hydroxylation sites is 1. The molecule has 0 aliphatic rings. The van der Waals surface area contributed by atoms with E-state index >= 15 is 0 Å². The van der Waals surface area contributed by atoms with Gasteiger partial charge in [-0.1, -0.05) is 53.0 Å². The molecule has 1 amide bonds. The molecule has 3 aromatic carbocycles. The molecule has 4 rings (SSSR count). The van der Waals surface area contributed by atoms with Crippen molar-refractivity contribution < 1.29 is 13.2 Å². The van der Waals surface area contributed by atoms with Gasteiger partial charge >= 0.3 is 0 Å². The van der Waals surface area contributed by atoms with E-state index in [1.54, 1.807) is 36.4 Å². The molecule has 0 saturated heterocycles. The first-order valence-electron chi connectivity index (χ1n) is 11.7. The molecule has 0 radical (unpaired) electrons.